The minimum atomic E-state index is -4.21. The molecule has 132 valence electrons. The maximum Gasteiger partial charge on any atom is 0.264 e. The third kappa shape index (κ3) is 3.57. The maximum atomic E-state index is 13.5. The number of aryl methyl sites for hydroxylation is 1. The number of hydrogen-bond acceptors (Lipinski definition) is 5. The van der Waals surface area contributed by atoms with Crippen molar-refractivity contribution in [2.45, 2.75) is 24.2 Å². The summed E-state index contributed by atoms with van der Waals surface area (Å²) >= 11 is 1.58. The lowest BCUT2D eigenvalue weighted by Crippen LogP contribution is -2.32. The number of benzene rings is 1. The largest absolute Gasteiger partial charge is 0.366 e. The number of nitrogens with two attached hydrogens (primary N) is 1. The van der Waals surface area contributed by atoms with Crippen LogP contribution in [0.15, 0.2) is 35.2 Å². The van der Waals surface area contributed by atoms with Gasteiger partial charge in [-0.05, 0) is 43.7 Å². The summed E-state index contributed by atoms with van der Waals surface area (Å²) in [5.74, 6) is -3.02. The van der Waals surface area contributed by atoms with Gasteiger partial charge in [-0.2, -0.15) is 0 Å². The van der Waals surface area contributed by atoms with Crippen LogP contribution in [0, 0.1) is 18.7 Å². The van der Waals surface area contributed by atoms with Crippen molar-refractivity contribution in [1.29, 1.82) is 0 Å². The molecule has 1 saturated carbocycles. The molecule has 0 saturated heterocycles. The predicted molar refractivity (Wildman–Crippen MR) is 90.2 cm³/mol. The van der Waals surface area contributed by atoms with Crippen LogP contribution in [0.4, 0.5) is 4.39 Å². The van der Waals surface area contributed by atoms with Crippen LogP contribution in [0.3, 0.4) is 0 Å². The number of rotatable bonds is 5. The molecule has 6 nitrogen and oxygen atoms in total. The highest BCUT2D eigenvalue weighted by Crippen LogP contribution is 2.49. The van der Waals surface area contributed by atoms with Gasteiger partial charge in [-0.15, -0.1) is 11.3 Å². The Morgan fingerprint density at radius 2 is 2.00 bits per heavy atom. The number of thiophene rings is 1. The molecule has 0 bridgehead atoms. The molecule has 1 heterocycles. The van der Waals surface area contributed by atoms with Crippen molar-refractivity contribution in [3.63, 3.8) is 0 Å². The van der Waals surface area contributed by atoms with Gasteiger partial charge in [0.25, 0.3) is 15.9 Å². The highest BCUT2D eigenvalue weighted by atomic mass is 32.2. The number of carbonyl (C=O) groups is 2. The smallest absolute Gasteiger partial charge is 0.264 e. The van der Waals surface area contributed by atoms with Crippen LogP contribution in [0.2, 0.25) is 0 Å². The molecule has 1 aliphatic rings. The first-order valence-electron chi connectivity index (χ1n) is 7.41. The SMILES string of the molecule is Cc1ccc([C@@H]2C[C@@H]2C(=O)NS(=O)(=O)c2ccc(F)c(C(N)=O)c2)s1. The lowest BCUT2D eigenvalue weighted by atomic mass is 10.2. The van der Waals surface area contributed by atoms with Crippen molar-refractivity contribution in [3.8, 4) is 0 Å². The van der Waals surface area contributed by atoms with Crippen LogP contribution in [0.25, 0.3) is 0 Å². The van der Waals surface area contributed by atoms with Crippen molar-refractivity contribution in [2.24, 2.45) is 11.7 Å². The summed E-state index contributed by atoms with van der Waals surface area (Å²) in [5, 5.41) is 0. The zero-order chi connectivity index (χ0) is 18.4. The number of hydrogen-bond donors (Lipinski definition) is 2. The Morgan fingerprint density at radius 1 is 1.28 bits per heavy atom. The van der Waals surface area contributed by atoms with E-state index < -0.39 is 39.1 Å². The van der Waals surface area contributed by atoms with E-state index in [-0.39, 0.29) is 10.8 Å². The van der Waals surface area contributed by atoms with Crippen LogP contribution < -0.4 is 10.5 Å². The monoisotopic (exact) mass is 382 g/mol. The molecule has 1 fully saturated rings. The van der Waals surface area contributed by atoms with Gasteiger partial charge in [-0.1, -0.05) is 0 Å². The molecular weight excluding hydrogens is 367 g/mol. The highest BCUT2D eigenvalue weighted by molar-refractivity contribution is 7.90. The topological polar surface area (TPSA) is 106 Å². The first-order chi connectivity index (χ1) is 11.7. The van der Waals surface area contributed by atoms with Gasteiger partial charge in [0, 0.05) is 21.6 Å². The summed E-state index contributed by atoms with van der Waals surface area (Å²) < 4.78 is 40.1. The Hall–Kier alpha value is -2.26. The maximum absolute atomic E-state index is 13.5. The van der Waals surface area contributed by atoms with Gasteiger partial charge in [0.05, 0.1) is 10.5 Å². The Bertz CT molecular complexity index is 968. The zero-order valence-corrected chi connectivity index (χ0v) is 14.8. The van der Waals surface area contributed by atoms with Crippen molar-refractivity contribution in [2.75, 3.05) is 0 Å². The van der Waals surface area contributed by atoms with E-state index in [2.05, 4.69) is 0 Å². The minimum Gasteiger partial charge on any atom is -0.366 e. The van der Waals surface area contributed by atoms with E-state index >= 15 is 0 Å². The molecule has 25 heavy (non-hydrogen) atoms. The van der Waals surface area contributed by atoms with E-state index in [0.717, 1.165) is 28.0 Å². The lowest BCUT2D eigenvalue weighted by molar-refractivity contribution is -0.120. The first kappa shape index (κ1) is 17.6. The second-order valence-corrected chi connectivity index (χ2v) is 8.87. The molecule has 2 atom stereocenters. The summed E-state index contributed by atoms with van der Waals surface area (Å²) in [4.78, 5) is 25.1. The molecule has 1 aliphatic carbocycles. The standard InChI is InChI=1S/C16H15FN2O4S2/c1-8-2-5-14(24-8)10-7-11(10)16(21)19-25(22,23)9-3-4-13(17)12(6-9)15(18)20/h2-6,10-11H,7H2,1H3,(H2,18,20)(H,19,21)/t10-,11+/m1/s1. The van der Waals surface area contributed by atoms with E-state index in [9.17, 15) is 22.4 Å². The molecule has 1 aromatic heterocycles. The Balaban J connectivity index is 1.75. The summed E-state index contributed by atoms with van der Waals surface area (Å²) in [6.45, 7) is 1.96. The lowest BCUT2D eigenvalue weighted by Gasteiger charge is -2.08. The van der Waals surface area contributed by atoms with Gasteiger partial charge in [0.1, 0.15) is 5.82 Å². The molecule has 1 aromatic carbocycles. The molecule has 0 radical (unpaired) electrons. The van der Waals surface area contributed by atoms with Gasteiger partial charge >= 0.3 is 0 Å². The van der Waals surface area contributed by atoms with E-state index in [4.69, 9.17) is 5.73 Å². The van der Waals surface area contributed by atoms with Gasteiger partial charge in [-0.3, -0.25) is 9.59 Å². The predicted octanol–water partition coefficient (Wildman–Crippen LogP) is 1.90. The van der Waals surface area contributed by atoms with Crippen LogP contribution in [0.1, 0.15) is 32.5 Å². The molecule has 0 unspecified atom stereocenters. The fourth-order valence-corrected chi connectivity index (χ4v) is 4.69. The molecular formula is C16H15FN2O4S2. The highest BCUT2D eigenvalue weighted by Gasteiger charge is 2.45. The van der Waals surface area contributed by atoms with E-state index in [1.54, 1.807) is 11.3 Å². The van der Waals surface area contributed by atoms with E-state index in [1.165, 1.54) is 0 Å². The van der Waals surface area contributed by atoms with Gasteiger partial charge < -0.3 is 5.73 Å². The molecule has 3 rings (SSSR count). The van der Waals surface area contributed by atoms with Gasteiger partial charge in [-0.25, -0.2) is 17.5 Å². The average molecular weight is 382 g/mol. The number of nitrogens with one attached hydrogen (secondary N) is 1. The van der Waals surface area contributed by atoms with Crippen molar-refractivity contribution >= 4 is 33.2 Å². The zero-order valence-electron chi connectivity index (χ0n) is 13.2. The van der Waals surface area contributed by atoms with Crippen LogP contribution in [-0.4, -0.2) is 20.2 Å². The van der Waals surface area contributed by atoms with Crippen LogP contribution in [-0.2, 0) is 14.8 Å². The molecule has 0 aliphatic heterocycles. The Morgan fingerprint density at radius 3 is 2.60 bits per heavy atom. The van der Waals surface area contributed by atoms with E-state index in [0.29, 0.717) is 6.42 Å². The summed E-state index contributed by atoms with van der Waals surface area (Å²) in [6, 6.07) is 6.51. The quantitative estimate of drug-likeness (QED) is 0.824. The number of amides is 2. The Kier molecular flexibility index (Phi) is 4.38. The molecule has 9 heteroatoms. The number of sulfonamides is 1. The molecule has 0 spiro atoms. The average Bonchev–Trinajstić information content (AvgIpc) is 3.22. The van der Waals surface area contributed by atoms with Gasteiger partial charge in [0.2, 0.25) is 5.91 Å². The third-order valence-corrected chi connectivity index (χ3v) is 6.48. The second-order valence-electron chi connectivity index (χ2n) is 5.87. The van der Waals surface area contributed by atoms with Crippen molar-refractivity contribution in [3.05, 3.63) is 51.5 Å². The summed E-state index contributed by atoms with van der Waals surface area (Å²) in [5.41, 5.74) is 4.46. The van der Waals surface area contributed by atoms with E-state index in [1.807, 2.05) is 23.8 Å². The molecule has 2 amide bonds. The summed E-state index contributed by atoms with van der Waals surface area (Å²) in [7, 11) is -4.21. The van der Waals surface area contributed by atoms with Crippen LogP contribution >= 0.6 is 11.3 Å². The van der Waals surface area contributed by atoms with Crippen molar-refractivity contribution < 1.29 is 22.4 Å². The fraction of sp³-hybridized carbons (Fsp3) is 0.250. The Labute approximate surface area is 147 Å². The third-order valence-electron chi connectivity index (χ3n) is 4.00. The minimum absolute atomic E-state index is 0.0169. The molecule has 2 aromatic rings. The van der Waals surface area contributed by atoms with Crippen molar-refractivity contribution in [1.82, 2.24) is 4.72 Å². The molecule has 3 N–H and O–H groups in total. The van der Waals surface area contributed by atoms with Gasteiger partial charge in [0.15, 0.2) is 0 Å². The first-order valence-corrected chi connectivity index (χ1v) is 9.71. The number of halogens is 1. The fourth-order valence-electron chi connectivity index (χ4n) is 2.58. The summed E-state index contributed by atoms with van der Waals surface area (Å²) in [6.07, 6.45) is 0.581. The van der Waals surface area contributed by atoms with Crippen LogP contribution in [0.5, 0.6) is 0 Å². The normalized spacial score (nSPS) is 19.4. The number of carbonyl (C=O) groups excluding carboxylic acids is 2. The number of primary amides is 1. The second kappa shape index (κ2) is 6.23.